The molecular weight excluding hydrogens is 260 g/mol. The molecule has 2 saturated carbocycles. The summed E-state index contributed by atoms with van der Waals surface area (Å²) in [5.41, 5.74) is 1.25. The van der Waals surface area contributed by atoms with Crippen molar-refractivity contribution in [1.29, 1.82) is 0 Å². The van der Waals surface area contributed by atoms with Gasteiger partial charge in [-0.25, -0.2) is 0 Å². The molecule has 1 aromatic rings. The van der Waals surface area contributed by atoms with Crippen molar-refractivity contribution in [3.05, 3.63) is 35.9 Å². The summed E-state index contributed by atoms with van der Waals surface area (Å²) in [6.07, 6.45) is 7.70. The van der Waals surface area contributed by atoms with Crippen molar-refractivity contribution in [2.45, 2.75) is 44.6 Å². The van der Waals surface area contributed by atoms with Gasteiger partial charge in [-0.15, -0.1) is 0 Å². The molecule has 2 aliphatic carbocycles. The third-order valence-corrected chi connectivity index (χ3v) is 4.76. The maximum atomic E-state index is 12.2. The molecule has 21 heavy (non-hydrogen) atoms. The summed E-state index contributed by atoms with van der Waals surface area (Å²) in [7, 11) is 0. The molecule has 1 aromatic carbocycles. The lowest BCUT2D eigenvalue weighted by atomic mass is 9.91. The fraction of sp³-hybridized carbons (Fsp3) is 0.611. The lowest BCUT2D eigenvalue weighted by Gasteiger charge is -2.25. The van der Waals surface area contributed by atoms with E-state index in [1.807, 2.05) is 6.07 Å². The highest BCUT2D eigenvalue weighted by atomic mass is 16.2. The van der Waals surface area contributed by atoms with E-state index in [0.717, 1.165) is 12.5 Å². The first-order chi connectivity index (χ1) is 10.3. The van der Waals surface area contributed by atoms with Gasteiger partial charge in [0.2, 0.25) is 5.91 Å². The third-order valence-electron chi connectivity index (χ3n) is 4.76. The van der Waals surface area contributed by atoms with E-state index in [4.69, 9.17) is 0 Å². The van der Waals surface area contributed by atoms with Crippen LogP contribution in [0.15, 0.2) is 30.3 Å². The van der Waals surface area contributed by atoms with Crippen LogP contribution in [-0.4, -0.2) is 19.0 Å². The number of carbonyl (C=O) groups excluding carboxylic acids is 1. The van der Waals surface area contributed by atoms with E-state index in [2.05, 4.69) is 34.9 Å². The SMILES string of the molecule is O=C(CNCC1CC1)NC(c1ccccc1)C1CCCC1. The predicted octanol–water partition coefficient (Wildman–Crippen LogP) is 3.03. The number of hydrogen-bond donors (Lipinski definition) is 2. The van der Waals surface area contributed by atoms with Crippen LogP contribution in [0.2, 0.25) is 0 Å². The van der Waals surface area contributed by atoms with Crippen molar-refractivity contribution in [3.63, 3.8) is 0 Å². The number of benzene rings is 1. The Labute approximate surface area is 127 Å². The molecule has 1 unspecified atom stereocenters. The zero-order chi connectivity index (χ0) is 14.5. The molecule has 0 bridgehead atoms. The quantitative estimate of drug-likeness (QED) is 0.809. The Balaban J connectivity index is 1.57. The maximum Gasteiger partial charge on any atom is 0.234 e. The summed E-state index contributed by atoms with van der Waals surface area (Å²) < 4.78 is 0. The van der Waals surface area contributed by atoms with Gasteiger partial charge in [0.1, 0.15) is 0 Å². The van der Waals surface area contributed by atoms with Gasteiger partial charge in [-0.3, -0.25) is 4.79 Å². The smallest absolute Gasteiger partial charge is 0.234 e. The number of carbonyl (C=O) groups is 1. The van der Waals surface area contributed by atoms with E-state index in [0.29, 0.717) is 12.5 Å². The van der Waals surface area contributed by atoms with Gasteiger partial charge in [0, 0.05) is 0 Å². The molecular formula is C18H26N2O. The van der Waals surface area contributed by atoms with Crippen LogP contribution in [-0.2, 0) is 4.79 Å². The summed E-state index contributed by atoms with van der Waals surface area (Å²) >= 11 is 0. The minimum atomic E-state index is 0.136. The molecule has 3 rings (SSSR count). The molecule has 1 atom stereocenters. The Hall–Kier alpha value is -1.35. The normalized spacial score (nSPS) is 20.4. The minimum Gasteiger partial charge on any atom is -0.348 e. The number of nitrogens with one attached hydrogen (secondary N) is 2. The maximum absolute atomic E-state index is 12.2. The Morgan fingerprint density at radius 2 is 1.81 bits per heavy atom. The number of amides is 1. The second-order valence-electron chi connectivity index (χ2n) is 6.57. The van der Waals surface area contributed by atoms with Crippen LogP contribution in [0.1, 0.15) is 50.1 Å². The van der Waals surface area contributed by atoms with Crippen molar-refractivity contribution in [2.24, 2.45) is 11.8 Å². The van der Waals surface area contributed by atoms with E-state index < -0.39 is 0 Å². The van der Waals surface area contributed by atoms with E-state index in [1.165, 1.54) is 44.1 Å². The van der Waals surface area contributed by atoms with Gasteiger partial charge < -0.3 is 10.6 Å². The zero-order valence-corrected chi connectivity index (χ0v) is 12.7. The van der Waals surface area contributed by atoms with Crippen LogP contribution in [0.25, 0.3) is 0 Å². The number of hydrogen-bond acceptors (Lipinski definition) is 2. The van der Waals surface area contributed by atoms with Crippen LogP contribution in [0, 0.1) is 11.8 Å². The standard InChI is InChI=1S/C18H26N2O/c21-17(13-19-12-14-10-11-14)20-18(16-8-4-5-9-16)15-6-2-1-3-7-15/h1-3,6-7,14,16,18-19H,4-5,8-13H2,(H,20,21). The largest absolute Gasteiger partial charge is 0.348 e. The predicted molar refractivity (Wildman–Crippen MR) is 84.9 cm³/mol. The topological polar surface area (TPSA) is 41.1 Å². The second-order valence-corrected chi connectivity index (χ2v) is 6.57. The number of rotatable bonds is 7. The molecule has 0 saturated heterocycles. The molecule has 0 spiro atoms. The van der Waals surface area contributed by atoms with Crippen molar-refractivity contribution < 1.29 is 4.79 Å². The van der Waals surface area contributed by atoms with Crippen LogP contribution >= 0.6 is 0 Å². The second kappa shape index (κ2) is 7.08. The van der Waals surface area contributed by atoms with Gasteiger partial charge in [0.25, 0.3) is 0 Å². The van der Waals surface area contributed by atoms with Crippen molar-refractivity contribution in [3.8, 4) is 0 Å². The highest BCUT2D eigenvalue weighted by Crippen LogP contribution is 2.35. The van der Waals surface area contributed by atoms with Crippen LogP contribution in [0.3, 0.4) is 0 Å². The molecule has 2 N–H and O–H groups in total. The summed E-state index contributed by atoms with van der Waals surface area (Å²) in [5, 5.41) is 6.55. The van der Waals surface area contributed by atoms with E-state index in [9.17, 15) is 4.79 Å². The Kier molecular flexibility index (Phi) is 4.91. The first-order valence-electron chi connectivity index (χ1n) is 8.38. The highest BCUT2D eigenvalue weighted by molar-refractivity contribution is 5.78. The molecule has 2 fully saturated rings. The fourth-order valence-electron chi connectivity index (χ4n) is 3.36. The van der Waals surface area contributed by atoms with Gasteiger partial charge in [-0.1, -0.05) is 43.2 Å². The highest BCUT2D eigenvalue weighted by Gasteiger charge is 2.27. The van der Waals surface area contributed by atoms with Gasteiger partial charge in [-0.2, -0.15) is 0 Å². The monoisotopic (exact) mass is 286 g/mol. The molecule has 1 amide bonds. The van der Waals surface area contributed by atoms with Crippen LogP contribution in [0.5, 0.6) is 0 Å². The van der Waals surface area contributed by atoms with Gasteiger partial charge in [0.15, 0.2) is 0 Å². The average Bonchev–Trinajstić information content (AvgIpc) is 3.17. The molecule has 3 heteroatoms. The molecule has 0 radical (unpaired) electrons. The average molecular weight is 286 g/mol. The summed E-state index contributed by atoms with van der Waals surface area (Å²) in [6, 6.07) is 10.6. The van der Waals surface area contributed by atoms with Crippen LogP contribution in [0.4, 0.5) is 0 Å². The van der Waals surface area contributed by atoms with Crippen LogP contribution < -0.4 is 10.6 Å². The fourth-order valence-corrected chi connectivity index (χ4v) is 3.36. The third kappa shape index (κ3) is 4.31. The Morgan fingerprint density at radius 1 is 1.10 bits per heavy atom. The lowest BCUT2D eigenvalue weighted by Crippen LogP contribution is -2.39. The summed E-state index contributed by atoms with van der Waals surface area (Å²) in [5.74, 6) is 1.55. The lowest BCUT2D eigenvalue weighted by molar-refractivity contribution is -0.121. The summed E-state index contributed by atoms with van der Waals surface area (Å²) in [4.78, 5) is 12.2. The molecule has 0 heterocycles. The molecule has 2 aliphatic rings. The minimum absolute atomic E-state index is 0.136. The molecule has 0 aliphatic heterocycles. The molecule has 3 nitrogen and oxygen atoms in total. The Bertz CT molecular complexity index is 450. The van der Waals surface area contributed by atoms with Crippen molar-refractivity contribution >= 4 is 5.91 Å². The van der Waals surface area contributed by atoms with E-state index in [1.54, 1.807) is 0 Å². The van der Waals surface area contributed by atoms with Crippen molar-refractivity contribution in [2.75, 3.05) is 13.1 Å². The van der Waals surface area contributed by atoms with E-state index >= 15 is 0 Å². The van der Waals surface area contributed by atoms with Gasteiger partial charge in [0.05, 0.1) is 12.6 Å². The zero-order valence-electron chi connectivity index (χ0n) is 12.7. The molecule has 114 valence electrons. The van der Waals surface area contributed by atoms with Crippen molar-refractivity contribution in [1.82, 2.24) is 10.6 Å². The Morgan fingerprint density at radius 3 is 2.48 bits per heavy atom. The van der Waals surface area contributed by atoms with Gasteiger partial charge >= 0.3 is 0 Å². The van der Waals surface area contributed by atoms with Gasteiger partial charge in [-0.05, 0) is 49.6 Å². The van der Waals surface area contributed by atoms with E-state index in [-0.39, 0.29) is 11.9 Å². The first-order valence-corrected chi connectivity index (χ1v) is 8.38. The summed E-state index contributed by atoms with van der Waals surface area (Å²) in [6.45, 7) is 1.44. The first kappa shape index (κ1) is 14.6. The molecule has 0 aromatic heterocycles.